The highest BCUT2D eigenvalue weighted by Crippen LogP contribution is 2.36. The van der Waals surface area contributed by atoms with E-state index in [0.29, 0.717) is 6.07 Å². The van der Waals surface area contributed by atoms with Crippen LogP contribution in [0.2, 0.25) is 5.02 Å². The van der Waals surface area contributed by atoms with E-state index >= 15 is 0 Å². The standard InChI is InChI=1S/C11H11ClF3NO4S/c12-8-2-1-6(3-7(8)11(13,14)15)21(19,20)16-4-9(17)10(18)5-16/h1-3,9-10,17-18H,4-5H2. The third-order valence-electron chi connectivity index (χ3n) is 3.11. The number of aliphatic hydroxyl groups excluding tert-OH is 2. The molecule has 1 heterocycles. The number of halogens is 4. The molecule has 1 fully saturated rings. The lowest BCUT2D eigenvalue weighted by Crippen LogP contribution is -2.30. The largest absolute Gasteiger partial charge is 0.417 e. The molecule has 118 valence electrons. The minimum atomic E-state index is -4.79. The normalized spacial score (nSPS) is 24.5. The van der Waals surface area contributed by atoms with Crippen LogP contribution in [0.4, 0.5) is 13.2 Å². The van der Waals surface area contributed by atoms with Gasteiger partial charge in [0.25, 0.3) is 0 Å². The van der Waals surface area contributed by atoms with Crippen molar-refractivity contribution in [1.82, 2.24) is 4.31 Å². The van der Waals surface area contributed by atoms with Gasteiger partial charge in [0.15, 0.2) is 0 Å². The number of hydrogen-bond donors (Lipinski definition) is 2. The van der Waals surface area contributed by atoms with Gasteiger partial charge in [-0.3, -0.25) is 0 Å². The number of rotatable bonds is 2. The van der Waals surface area contributed by atoms with E-state index in [1.165, 1.54) is 0 Å². The van der Waals surface area contributed by atoms with Crippen LogP contribution in [-0.4, -0.2) is 48.2 Å². The Morgan fingerprint density at radius 1 is 1.19 bits per heavy atom. The summed E-state index contributed by atoms with van der Waals surface area (Å²) in [6, 6.07) is 2.24. The van der Waals surface area contributed by atoms with Gasteiger partial charge in [-0.1, -0.05) is 11.6 Å². The fourth-order valence-electron chi connectivity index (χ4n) is 1.96. The highest BCUT2D eigenvalue weighted by Gasteiger charge is 2.39. The van der Waals surface area contributed by atoms with E-state index in [4.69, 9.17) is 11.6 Å². The molecule has 1 saturated heterocycles. The summed E-state index contributed by atoms with van der Waals surface area (Å²) < 4.78 is 63.4. The van der Waals surface area contributed by atoms with Crippen LogP contribution in [0, 0.1) is 0 Å². The van der Waals surface area contributed by atoms with Gasteiger partial charge in [0.2, 0.25) is 10.0 Å². The Kier molecular flexibility index (Phi) is 4.24. The summed E-state index contributed by atoms with van der Waals surface area (Å²) in [7, 11) is -4.25. The average molecular weight is 346 g/mol. The fraction of sp³-hybridized carbons (Fsp3) is 0.455. The molecule has 0 saturated carbocycles. The molecule has 2 unspecified atom stereocenters. The van der Waals surface area contributed by atoms with Crippen LogP contribution in [0.5, 0.6) is 0 Å². The molecule has 1 aromatic carbocycles. The maximum atomic E-state index is 12.7. The van der Waals surface area contributed by atoms with Crippen molar-refractivity contribution >= 4 is 21.6 Å². The topological polar surface area (TPSA) is 77.8 Å². The lowest BCUT2D eigenvalue weighted by Gasteiger charge is -2.17. The predicted octanol–water partition coefficient (Wildman–Crippen LogP) is 1.08. The van der Waals surface area contributed by atoms with Gasteiger partial charge < -0.3 is 10.2 Å². The number of β-amino-alcohol motifs (C(OH)–C–C–N with tert-alkyl or cyclic N) is 2. The van der Waals surface area contributed by atoms with Crippen molar-refractivity contribution in [1.29, 1.82) is 0 Å². The van der Waals surface area contributed by atoms with Gasteiger partial charge in [0, 0.05) is 13.1 Å². The van der Waals surface area contributed by atoms with Gasteiger partial charge >= 0.3 is 6.18 Å². The van der Waals surface area contributed by atoms with Crippen LogP contribution < -0.4 is 0 Å². The Labute approximate surface area is 123 Å². The Morgan fingerprint density at radius 3 is 2.19 bits per heavy atom. The summed E-state index contributed by atoms with van der Waals surface area (Å²) in [6.07, 6.45) is -7.32. The van der Waals surface area contributed by atoms with Crippen molar-refractivity contribution < 1.29 is 31.8 Å². The first-order chi connectivity index (χ1) is 9.53. The Morgan fingerprint density at radius 2 is 1.71 bits per heavy atom. The van der Waals surface area contributed by atoms with Crippen molar-refractivity contribution in [3.8, 4) is 0 Å². The van der Waals surface area contributed by atoms with Crippen molar-refractivity contribution in [3.63, 3.8) is 0 Å². The average Bonchev–Trinajstić information content (AvgIpc) is 2.69. The van der Waals surface area contributed by atoms with E-state index in [9.17, 15) is 31.8 Å². The third-order valence-corrected chi connectivity index (χ3v) is 5.26. The second-order valence-corrected chi connectivity index (χ2v) is 6.94. The van der Waals surface area contributed by atoms with Crippen molar-refractivity contribution in [2.45, 2.75) is 23.3 Å². The van der Waals surface area contributed by atoms with Crippen LogP contribution in [0.3, 0.4) is 0 Å². The number of sulfonamides is 1. The zero-order valence-electron chi connectivity index (χ0n) is 10.4. The summed E-state index contributed by atoms with van der Waals surface area (Å²) in [5, 5.41) is 18.1. The Bertz CT molecular complexity index is 639. The maximum Gasteiger partial charge on any atom is 0.417 e. The molecular formula is C11H11ClF3NO4S. The summed E-state index contributed by atoms with van der Waals surface area (Å²) in [5.74, 6) is 0. The first-order valence-corrected chi connectivity index (χ1v) is 7.58. The lowest BCUT2D eigenvalue weighted by molar-refractivity contribution is -0.137. The summed E-state index contributed by atoms with van der Waals surface area (Å²) in [4.78, 5) is -0.597. The lowest BCUT2D eigenvalue weighted by atomic mass is 10.2. The van der Waals surface area contributed by atoms with E-state index in [1.54, 1.807) is 0 Å². The Hall–Kier alpha value is -0.870. The van der Waals surface area contributed by atoms with Gasteiger partial charge in [-0.15, -0.1) is 0 Å². The maximum absolute atomic E-state index is 12.7. The van der Waals surface area contributed by atoms with Crippen LogP contribution >= 0.6 is 11.6 Å². The highest BCUT2D eigenvalue weighted by atomic mass is 35.5. The van der Waals surface area contributed by atoms with Crippen molar-refractivity contribution in [2.24, 2.45) is 0 Å². The molecule has 1 aliphatic heterocycles. The van der Waals surface area contributed by atoms with E-state index in [0.717, 1.165) is 16.4 Å². The summed E-state index contributed by atoms with van der Waals surface area (Å²) in [6.45, 7) is -0.763. The first-order valence-electron chi connectivity index (χ1n) is 5.76. The molecule has 1 aromatic rings. The molecule has 0 aliphatic carbocycles. The molecule has 0 spiro atoms. The minimum absolute atomic E-state index is 0.381. The molecule has 1 aliphatic rings. The van der Waals surface area contributed by atoms with Crippen molar-refractivity contribution in [3.05, 3.63) is 28.8 Å². The summed E-state index contributed by atoms with van der Waals surface area (Å²) in [5.41, 5.74) is -1.26. The second-order valence-electron chi connectivity index (χ2n) is 4.60. The van der Waals surface area contributed by atoms with Gasteiger partial charge in [-0.25, -0.2) is 8.42 Å². The van der Waals surface area contributed by atoms with E-state index in [2.05, 4.69) is 0 Å². The van der Waals surface area contributed by atoms with Crippen LogP contribution in [0.25, 0.3) is 0 Å². The molecule has 2 atom stereocenters. The van der Waals surface area contributed by atoms with Gasteiger partial charge in [-0.05, 0) is 18.2 Å². The molecule has 21 heavy (non-hydrogen) atoms. The molecule has 0 radical (unpaired) electrons. The molecule has 5 nitrogen and oxygen atoms in total. The fourth-order valence-corrected chi connectivity index (χ4v) is 3.69. The van der Waals surface area contributed by atoms with Gasteiger partial charge in [0.05, 0.1) is 27.7 Å². The third kappa shape index (κ3) is 3.16. The number of hydrogen-bond acceptors (Lipinski definition) is 4. The summed E-state index contributed by atoms with van der Waals surface area (Å²) >= 11 is 5.43. The molecule has 0 bridgehead atoms. The first kappa shape index (κ1) is 16.5. The zero-order chi connectivity index (χ0) is 16.0. The van der Waals surface area contributed by atoms with Gasteiger partial charge in [0.1, 0.15) is 0 Å². The second kappa shape index (κ2) is 5.40. The minimum Gasteiger partial charge on any atom is -0.389 e. The predicted molar refractivity (Wildman–Crippen MR) is 67.2 cm³/mol. The van der Waals surface area contributed by atoms with Crippen LogP contribution in [0.1, 0.15) is 5.56 Å². The molecule has 10 heteroatoms. The SMILES string of the molecule is O=S(=O)(c1ccc(Cl)c(C(F)(F)F)c1)N1CC(O)C(O)C1. The monoisotopic (exact) mass is 345 g/mol. The molecule has 0 amide bonds. The van der Waals surface area contributed by atoms with Crippen molar-refractivity contribution in [2.75, 3.05) is 13.1 Å². The van der Waals surface area contributed by atoms with Gasteiger partial charge in [-0.2, -0.15) is 17.5 Å². The molecule has 0 aromatic heterocycles. The quantitative estimate of drug-likeness (QED) is 0.841. The number of alkyl halides is 3. The highest BCUT2D eigenvalue weighted by molar-refractivity contribution is 7.89. The molecule has 2 rings (SSSR count). The number of nitrogens with zero attached hydrogens (tertiary/aromatic N) is 1. The number of benzene rings is 1. The van der Waals surface area contributed by atoms with Crippen LogP contribution in [0.15, 0.2) is 23.1 Å². The van der Waals surface area contributed by atoms with E-state index in [-0.39, 0.29) is 13.1 Å². The van der Waals surface area contributed by atoms with Crippen LogP contribution in [-0.2, 0) is 16.2 Å². The van der Waals surface area contributed by atoms with E-state index in [1.807, 2.05) is 0 Å². The smallest absolute Gasteiger partial charge is 0.389 e. The van der Waals surface area contributed by atoms with E-state index < -0.39 is 43.9 Å². The zero-order valence-corrected chi connectivity index (χ0v) is 12.0. The molecular weight excluding hydrogens is 335 g/mol. The Balaban J connectivity index is 2.42. The number of aliphatic hydroxyl groups is 2. The molecule has 2 N–H and O–H groups in total.